The van der Waals surface area contributed by atoms with Gasteiger partial charge in [-0.25, -0.2) is 18.7 Å². The van der Waals surface area contributed by atoms with Crippen molar-refractivity contribution in [3.8, 4) is 5.75 Å². The minimum Gasteiger partial charge on any atom is -0.464 e. The maximum absolute atomic E-state index is 14.9. The van der Waals surface area contributed by atoms with E-state index < -0.39 is 30.1 Å². The predicted octanol–water partition coefficient (Wildman–Crippen LogP) is 4.80. The molecule has 1 aliphatic rings. The van der Waals surface area contributed by atoms with Crippen LogP contribution in [0.5, 0.6) is 5.75 Å². The van der Waals surface area contributed by atoms with Gasteiger partial charge in [0.2, 0.25) is 0 Å². The third-order valence-corrected chi connectivity index (χ3v) is 5.49. The number of nitrogens with zero attached hydrogens (tertiary/aromatic N) is 3. The summed E-state index contributed by atoms with van der Waals surface area (Å²) in [5.74, 6) is -1.66. The number of aromatic nitrogens is 2. The van der Waals surface area contributed by atoms with E-state index in [0.29, 0.717) is 31.4 Å². The van der Waals surface area contributed by atoms with E-state index in [1.807, 2.05) is 7.05 Å². The number of para-hydroxylation sites is 2. The SMILES string of the molecule is CN1CCC(OC(c2cc(OC(F)(F)F)ccc2F)c2nc3ccccc3n2C(=O)O)CC1. The molecule has 1 N–H and O–H groups in total. The van der Waals surface area contributed by atoms with Gasteiger partial charge in [-0.2, -0.15) is 0 Å². The van der Waals surface area contributed by atoms with Crippen LogP contribution in [0.2, 0.25) is 0 Å². The molecule has 176 valence electrons. The van der Waals surface area contributed by atoms with Crippen LogP contribution in [0.15, 0.2) is 42.5 Å². The lowest BCUT2D eigenvalue weighted by atomic mass is 10.0. The van der Waals surface area contributed by atoms with Crippen molar-refractivity contribution in [2.24, 2.45) is 0 Å². The molecule has 0 saturated carbocycles. The highest BCUT2D eigenvalue weighted by Crippen LogP contribution is 2.36. The Hall–Kier alpha value is -3.18. The number of fused-ring (bicyclic) bond motifs is 1. The van der Waals surface area contributed by atoms with Gasteiger partial charge in [0.15, 0.2) is 5.82 Å². The van der Waals surface area contributed by atoms with E-state index in [0.717, 1.165) is 22.8 Å². The molecule has 2 heterocycles. The number of likely N-dealkylation sites (tertiary alicyclic amines) is 1. The Morgan fingerprint density at radius 1 is 1.18 bits per heavy atom. The number of imidazole rings is 1. The van der Waals surface area contributed by atoms with Crippen molar-refractivity contribution in [1.82, 2.24) is 14.5 Å². The van der Waals surface area contributed by atoms with Gasteiger partial charge in [0.25, 0.3) is 0 Å². The maximum atomic E-state index is 14.9. The largest absolute Gasteiger partial charge is 0.573 e. The van der Waals surface area contributed by atoms with Gasteiger partial charge in [-0.15, -0.1) is 13.2 Å². The number of alkyl halides is 3. The molecule has 3 aromatic rings. The number of piperidine rings is 1. The van der Waals surface area contributed by atoms with E-state index in [1.54, 1.807) is 18.2 Å². The average molecular weight is 467 g/mol. The molecule has 1 fully saturated rings. The first kappa shape index (κ1) is 23.0. The van der Waals surface area contributed by atoms with Crippen LogP contribution >= 0.6 is 0 Å². The zero-order chi connectivity index (χ0) is 23.8. The molecule has 1 atom stereocenters. The van der Waals surface area contributed by atoms with Gasteiger partial charge in [0.05, 0.1) is 17.1 Å². The van der Waals surface area contributed by atoms with Gasteiger partial charge >= 0.3 is 12.5 Å². The van der Waals surface area contributed by atoms with E-state index in [9.17, 15) is 27.5 Å². The van der Waals surface area contributed by atoms with Crippen molar-refractivity contribution in [2.45, 2.75) is 31.4 Å². The van der Waals surface area contributed by atoms with Crippen LogP contribution < -0.4 is 4.74 Å². The number of ether oxygens (including phenoxy) is 2. The molecule has 0 amide bonds. The molecule has 33 heavy (non-hydrogen) atoms. The number of hydrogen-bond donors (Lipinski definition) is 1. The summed E-state index contributed by atoms with van der Waals surface area (Å²) in [5.41, 5.74) is 0.281. The molecule has 1 aliphatic heterocycles. The van der Waals surface area contributed by atoms with Crippen LogP contribution in [0.4, 0.5) is 22.4 Å². The number of hydrogen-bond acceptors (Lipinski definition) is 5. The molecular formula is C22H21F4N3O4. The summed E-state index contributed by atoms with van der Waals surface area (Å²) in [7, 11) is 1.94. The molecular weight excluding hydrogens is 446 g/mol. The van der Waals surface area contributed by atoms with Gasteiger partial charge in [0, 0.05) is 18.7 Å². The second-order valence-corrected chi connectivity index (χ2v) is 7.83. The minimum atomic E-state index is -4.98. The Morgan fingerprint density at radius 3 is 2.55 bits per heavy atom. The average Bonchev–Trinajstić information content (AvgIpc) is 3.13. The molecule has 7 nitrogen and oxygen atoms in total. The number of halogens is 4. The molecule has 1 unspecified atom stereocenters. The third-order valence-electron chi connectivity index (χ3n) is 5.49. The molecule has 4 rings (SSSR count). The monoisotopic (exact) mass is 467 g/mol. The summed E-state index contributed by atoms with van der Waals surface area (Å²) in [6, 6.07) is 8.95. The number of benzene rings is 2. The standard InChI is InChI=1S/C22H21F4N3O4/c1-28-10-8-13(9-11-28)32-19(15-12-14(6-7-16(15)23)33-22(24,25)26)20-27-17-4-2-3-5-18(17)29(20)21(30)31/h2-7,12-13,19H,8-11H2,1H3,(H,30,31). The zero-order valence-electron chi connectivity index (χ0n) is 17.6. The fourth-order valence-electron chi connectivity index (χ4n) is 3.93. The summed E-state index contributed by atoms with van der Waals surface area (Å²) in [5, 5.41) is 9.86. The van der Waals surface area contributed by atoms with Crippen LogP contribution in [0.1, 0.15) is 30.3 Å². The van der Waals surface area contributed by atoms with Gasteiger partial charge in [-0.05, 0) is 50.2 Å². The van der Waals surface area contributed by atoms with Crippen LogP contribution in [-0.2, 0) is 4.74 Å². The summed E-state index contributed by atoms with van der Waals surface area (Å²) in [4.78, 5) is 18.5. The fraction of sp³-hybridized carbons (Fsp3) is 0.364. The van der Waals surface area contributed by atoms with Crippen molar-refractivity contribution in [3.05, 3.63) is 59.7 Å². The molecule has 0 bridgehead atoms. The van der Waals surface area contributed by atoms with Crippen molar-refractivity contribution in [2.75, 3.05) is 20.1 Å². The Balaban J connectivity index is 1.84. The summed E-state index contributed by atoms with van der Waals surface area (Å²) < 4.78 is 64.2. The lowest BCUT2D eigenvalue weighted by Gasteiger charge is -2.32. The Kier molecular flexibility index (Phi) is 6.26. The van der Waals surface area contributed by atoms with Crippen molar-refractivity contribution < 1.29 is 36.9 Å². The molecule has 0 radical (unpaired) electrons. The molecule has 1 aromatic heterocycles. The van der Waals surface area contributed by atoms with E-state index >= 15 is 0 Å². The first-order valence-electron chi connectivity index (χ1n) is 10.2. The minimum absolute atomic E-state index is 0.148. The molecule has 0 spiro atoms. The Labute approximate surface area is 186 Å². The predicted molar refractivity (Wildman–Crippen MR) is 110 cm³/mol. The van der Waals surface area contributed by atoms with E-state index in [2.05, 4.69) is 14.6 Å². The second-order valence-electron chi connectivity index (χ2n) is 7.83. The van der Waals surface area contributed by atoms with Crippen molar-refractivity contribution in [3.63, 3.8) is 0 Å². The lowest BCUT2D eigenvalue weighted by molar-refractivity contribution is -0.274. The molecule has 11 heteroatoms. The molecule has 2 aromatic carbocycles. The van der Waals surface area contributed by atoms with Gasteiger partial charge in [0.1, 0.15) is 17.7 Å². The van der Waals surface area contributed by atoms with Gasteiger partial charge < -0.3 is 19.5 Å². The summed E-state index contributed by atoms with van der Waals surface area (Å²) >= 11 is 0. The van der Waals surface area contributed by atoms with Crippen LogP contribution in [-0.4, -0.2) is 58.3 Å². The zero-order valence-corrected chi connectivity index (χ0v) is 17.6. The van der Waals surface area contributed by atoms with Crippen molar-refractivity contribution >= 4 is 17.1 Å². The Bertz CT molecular complexity index is 1160. The van der Waals surface area contributed by atoms with E-state index in [-0.39, 0.29) is 23.0 Å². The van der Waals surface area contributed by atoms with E-state index in [1.165, 1.54) is 6.07 Å². The molecule has 1 saturated heterocycles. The topological polar surface area (TPSA) is 76.8 Å². The number of carbonyl (C=O) groups is 1. The smallest absolute Gasteiger partial charge is 0.464 e. The first-order chi connectivity index (χ1) is 15.6. The van der Waals surface area contributed by atoms with Crippen LogP contribution in [0.3, 0.4) is 0 Å². The lowest BCUT2D eigenvalue weighted by Crippen LogP contribution is -2.35. The highest BCUT2D eigenvalue weighted by molar-refractivity contribution is 5.86. The highest BCUT2D eigenvalue weighted by atomic mass is 19.4. The normalized spacial score (nSPS) is 16.8. The molecule has 0 aliphatic carbocycles. The third kappa shape index (κ3) is 5.09. The first-order valence-corrected chi connectivity index (χ1v) is 10.2. The quantitative estimate of drug-likeness (QED) is 0.544. The Morgan fingerprint density at radius 2 is 1.88 bits per heavy atom. The maximum Gasteiger partial charge on any atom is 0.573 e. The van der Waals surface area contributed by atoms with Crippen LogP contribution in [0.25, 0.3) is 11.0 Å². The van der Waals surface area contributed by atoms with Crippen LogP contribution in [0, 0.1) is 5.82 Å². The number of carboxylic acid groups (broad SMARTS) is 1. The second kappa shape index (κ2) is 8.99. The summed E-state index contributed by atoms with van der Waals surface area (Å²) in [6.07, 6.45) is -6.94. The van der Waals surface area contributed by atoms with Crippen molar-refractivity contribution in [1.29, 1.82) is 0 Å². The van der Waals surface area contributed by atoms with Gasteiger partial charge in [-0.1, -0.05) is 12.1 Å². The van der Waals surface area contributed by atoms with E-state index in [4.69, 9.17) is 4.74 Å². The fourth-order valence-corrected chi connectivity index (χ4v) is 3.93. The highest BCUT2D eigenvalue weighted by Gasteiger charge is 2.34. The van der Waals surface area contributed by atoms with Gasteiger partial charge in [-0.3, -0.25) is 0 Å². The summed E-state index contributed by atoms with van der Waals surface area (Å²) in [6.45, 7) is 1.40. The number of rotatable bonds is 5.